The number of carbonyl (C=O) groups excluding carboxylic acids is 2. The zero-order chi connectivity index (χ0) is 19.8. The molecule has 1 heterocycles. The Morgan fingerprint density at radius 1 is 1.21 bits per heavy atom. The predicted molar refractivity (Wildman–Crippen MR) is 101 cm³/mol. The van der Waals surface area contributed by atoms with Crippen LogP contribution in [-0.2, 0) is 4.79 Å². The summed E-state index contributed by atoms with van der Waals surface area (Å²) < 4.78 is 15.8. The monoisotopic (exact) mass is 379 g/mol. The summed E-state index contributed by atoms with van der Waals surface area (Å²) in [5.41, 5.74) is 3.35. The quantitative estimate of drug-likeness (QED) is 0.429. The number of carbonyl (C=O) groups is 2. The number of para-hydroxylation sites is 1. The molecule has 2 aromatic carbocycles. The molecular formula is C20H17N3O5. The minimum absolute atomic E-state index is 0.123. The van der Waals surface area contributed by atoms with Crippen molar-refractivity contribution in [2.45, 2.75) is 0 Å². The first-order valence-corrected chi connectivity index (χ1v) is 8.32. The van der Waals surface area contributed by atoms with E-state index < -0.39 is 11.8 Å². The number of hydrazone groups is 1. The molecule has 0 fully saturated rings. The second-order valence-electron chi connectivity index (χ2n) is 5.57. The van der Waals surface area contributed by atoms with Crippen molar-refractivity contribution in [1.82, 2.24) is 10.7 Å². The van der Waals surface area contributed by atoms with Crippen molar-refractivity contribution >= 4 is 18.0 Å². The van der Waals surface area contributed by atoms with Crippen LogP contribution < -0.4 is 25.0 Å². The largest absolute Gasteiger partial charge is 0.480 e. The predicted octanol–water partition coefficient (Wildman–Crippen LogP) is 1.31. The van der Waals surface area contributed by atoms with E-state index in [2.05, 4.69) is 21.8 Å². The highest BCUT2D eigenvalue weighted by Gasteiger charge is 2.16. The fourth-order valence-corrected chi connectivity index (χ4v) is 2.35. The summed E-state index contributed by atoms with van der Waals surface area (Å²) in [6.45, 7) is 0.0146. The molecule has 8 nitrogen and oxygen atoms in total. The standard InChI is InChI=1S/C20H17N3O5/c1-2-9-26-16-6-4-3-5-15(16)11-22-23-19(24)12-21-20(25)14-7-8-17-18(10-14)28-13-27-17/h1,3-8,10-11H,9,12-13H2,(H,21,25)(H,23,24)/b22-11+. The van der Waals surface area contributed by atoms with Gasteiger partial charge in [-0.2, -0.15) is 5.10 Å². The maximum Gasteiger partial charge on any atom is 0.259 e. The Labute approximate surface area is 161 Å². The molecule has 2 N–H and O–H groups in total. The lowest BCUT2D eigenvalue weighted by molar-refractivity contribution is -0.120. The molecule has 0 aliphatic carbocycles. The van der Waals surface area contributed by atoms with Gasteiger partial charge in [0, 0.05) is 11.1 Å². The van der Waals surface area contributed by atoms with Crippen LogP contribution in [0.4, 0.5) is 0 Å². The van der Waals surface area contributed by atoms with Crippen molar-refractivity contribution < 1.29 is 23.8 Å². The van der Waals surface area contributed by atoms with E-state index in [4.69, 9.17) is 20.6 Å². The van der Waals surface area contributed by atoms with E-state index >= 15 is 0 Å². The highest BCUT2D eigenvalue weighted by atomic mass is 16.7. The minimum Gasteiger partial charge on any atom is -0.480 e. The van der Waals surface area contributed by atoms with Gasteiger partial charge in [-0.15, -0.1) is 6.42 Å². The number of hydrogen-bond donors (Lipinski definition) is 2. The van der Waals surface area contributed by atoms with Gasteiger partial charge in [-0.3, -0.25) is 9.59 Å². The maximum atomic E-state index is 12.1. The number of rotatable bonds is 7. The molecular weight excluding hydrogens is 362 g/mol. The van der Waals surface area contributed by atoms with Crippen LogP contribution in [0.25, 0.3) is 0 Å². The van der Waals surface area contributed by atoms with Gasteiger partial charge in [-0.05, 0) is 30.3 Å². The molecule has 0 bridgehead atoms. The Morgan fingerprint density at radius 3 is 2.89 bits per heavy atom. The lowest BCUT2D eigenvalue weighted by Crippen LogP contribution is -2.34. The maximum absolute atomic E-state index is 12.1. The normalized spacial score (nSPS) is 11.7. The second-order valence-corrected chi connectivity index (χ2v) is 5.57. The third-order valence-electron chi connectivity index (χ3n) is 3.67. The summed E-state index contributed by atoms with van der Waals surface area (Å²) in [5.74, 6) is 3.11. The summed E-state index contributed by atoms with van der Waals surface area (Å²) in [5, 5.41) is 6.37. The van der Waals surface area contributed by atoms with Crippen LogP contribution in [0.1, 0.15) is 15.9 Å². The molecule has 0 unspecified atom stereocenters. The van der Waals surface area contributed by atoms with Crippen molar-refractivity contribution in [3.8, 4) is 29.6 Å². The number of ether oxygens (including phenoxy) is 3. The molecule has 0 atom stereocenters. The Bertz CT molecular complexity index is 949. The number of nitrogens with one attached hydrogen (secondary N) is 2. The van der Waals surface area contributed by atoms with E-state index in [0.29, 0.717) is 28.4 Å². The molecule has 2 amide bonds. The summed E-state index contributed by atoms with van der Waals surface area (Å²) >= 11 is 0. The summed E-state index contributed by atoms with van der Waals surface area (Å²) in [6.07, 6.45) is 6.61. The number of nitrogens with zero attached hydrogens (tertiary/aromatic N) is 1. The van der Waals surface area contributed by atoms with Crippen molar-refractivity contribution in [2.75, 3.05) is 19.9 Å². The van der Waals surface area contributed by atoms with Crippen molar-refractivity contribution in [3.05, 3.63) is 53.6 Å². The molecule has 8 heteroatoms. The van der Waals surface area contributed by atoms with Gasteiger partial charge >= 0.3 is 0 Å². The number of terminal acetylenes is 1. The third kappa shape index (κ3) is 4.80. The van der Waals surface area contributed by atoms with E-state index in [0.717, 1.165) is 0 Å². The van der Waals surface area contributed by atoms with Crippen LogP contribution in [0.15, 0.2) is 47.6 Å². The smallest absolute Gasteiger partial charge is 0.259 e. The lowest BCUT2D eigenvalue weighted by atomic mass is 10.2. The van der Waals surface area contributed by atoms with Crippen LogP contribution in [0, 0.1) is 12.3 Å². The van der Waals surface area contributed by atoms with Crippen molar-refractivity contribution in [2.24, 2.45) is 5.10 Å². The Kier molecular flexibility index (Phi) is 6.10. The minimum atomic E-state index is -0.479. The highest BCUT2D eigenvalue weighted by molar-refractivity contribution is 5.97. The lowest BCUT2D eigenvalue weighted by Gasteiger charge is -2.06. The molecule has 0 spiro atoms. The number of fused-ring (bicyclic) bond motifs is 1. The van der Waals surface area contributed by atoms with Gasteiger partial charge in [0.15, 0.2) is 11.5 Å². The summed E-state index contributed by atoms with van der Waals surface area (Å²) in [7, 11) is 0. The van der Waals surface area contributed by atoms with E-state index in [9.17, 15) is 9.59 Å². The molecule has 28 heavy (non-hydrogen) atoms. The van der Waals surface area contributed by atoms with Gasteiger partial charge in [-0.25, -0.2) is 5.43 Å². The fourth-order valence-electron chi connectivity index (χ4n) is 2.35. The van der Waals surface area contributed by atoms with E-state index in [1.807, 2.05) is 0 Å². The highest BCUT2D eigenvalue weighted by Crippen LogP contribution is 2.32. The second kappa shape index (κ2) is 9.09. The van der Waals surface area contributed by atoms with Crippen LogP contribution in [0.3, 0.4) is 0 Å². The molecule has 0 aromatic heterocycles. The fraction of sp³-hybridized carbons (Fsp3) is 0.150. The average Bonchev–Trinajstić information content (AvgIpc) is 3.19. The zero-order valence-corrected chi connectivity index (χ0v) is 14.8. The molecule has 0 saturated heterocycles. The SMILES string of the molecule is C#CCOc1ccccc1/C=N/NC(=O)CNC(=O)c1ccc2c(c1)OCO2. The van der Waals surface area contributed by atoms with Gasteiger partial charge in [0.25, 0.3) is 11.8 Å². The first-order chi connectivity index (χ1) is 13.7. The average molecular weight is 379 g/mol. The first kappa shape index (κ1) is 18.8. The molecule has 3 rings (SSSR count). The molecule has 1 aliphatic rings. The summed E-state index contributed by atoms with van der Waals surface area (Å²) in [4.78, 5) is 24.0. The number of benzene rings is 2. The van der Waals surface area contributed by atoms with Gasteiger partial charge in [-0.1, -0.05) is 18.1 Å². The molecule has 0 saturated carbocycles. The van der Waals surface area contributed by atoms with Gasteiger partial charge in [0.1, 0.15) is 12.4 Å². The van der Waals surface area contributed by atoms with Gasteiger partial charge in [0.05, 0.1) is 12.8 Å². The zero-order valence-electron chi connectivity index (χ0n) is 14.8. The number of hydrogen-bond acceptors (Lipinski definition) is 6. The third-order valence-corrected chi connectivity index (χ3v) is 3.67. The Hall–Kier alpha value is -3.99. The molecule has 2 aromatic rings. The van der Waals surface area contributed by atoms with Crippen molar-refractivity contribution in [3.63, 3.8) is 0 Å². The molecule has 1 aliphatic heterocycles. The van der Waals surface area contributed by atoms with E-state index in [1.165, 1.54) is 6.21 Å². The van der Waals surface area contributed by atoms with Gasteiger partial charge in [0.2, 0.25) is 6.79 Å². The van der Waals surface area contributed by atoms with Crippen LogP contribution in [0.5, 0.6) is 17.2 Å². The molecule has 142 valence electrons. The van der Waals surface area contributed by atoms with Gasteiger partial charge < -0.3 is 19.5 Å². The van der Waals surface area contributed by atoms with E-state index in [1.54, 1.807) is 42.5 Å². The Balaban J connectivity index is 1.49. The van der Waals surface area contributed by atoms with Crippen LogP contribution in [-0.4, -0.2) is 38.0 Å². The Morgan fingerprint density at radius 2 is 2.04 bits per heavy atom. The van der Waals surface area contributed by atoms with Crippen molar-refractivity contribution in [1.29, 1.82) is 0 Å². The first-order valence-electron chi connectivity index (χ1n) is 8.32. The number of amides is 2. The van der Waals surface area contributed by atoms with Crippen LogP contribution >= 0.6 is 0 Å². The summed E-state index contributed by atoms with van der Waals surface area (Å²) in [6, 6.07) is 11.9. The topological polar surface area (TPSA) is 98.2 Å². The van der Waals surface area contributed by atoms with Crippen LogP contribution in [0.2, 0.25) is 0 Å². The van der Waals surface area contributed by atoms with E-state index in [-0.39, 0.29) is 19.9 Å². The molecule has 0 radical (unpaired) electrons.